The molecule has 1 heterocycles. The Balaban J connectivity index is 3.49. The van der Waals surface area contributed by atoms with Gasteiger partial charge in [0.05, 0.1) is 13.3 Å². The molecule has 19 heavy (non-hydrogen) atoms. The Hall–Kier alpha value is -2.26. The molecule has 104 valence electrons. The van der Waals surface area contributed by atoms with Crippen LogP contribution in [0.5, 0.6) is 5.88 Å². The SMILES string of the molecule is COc1cc(C(C)(C(=O)ON)C(=O)ON)c(F)cn1. The maximum atomic E-state index is 13.8. The molecule has 0 unspecified atom stereocenters. The molecule has 0 fully saturated rings. The van der Waals surface area contributed by atoms with Crippen molar-refractivity contribution in [1.29, 1.82) is 0 Å². The summed E-state index contributed by atoms with van der Waals surface area (Å²) >= 11 is 0. The van der Waals surface area contributed by atoms with Gasteiger partial charge in [0, 0.05) is 11.6 Å². The third kappa shape index (κ3) is 2.46. The van der Waals surface area contributed by atoms with Crippen molar-refractivity contribution >= 4 is 11.9 Å². The number of carbonyl (C=O) groups is 2. The van der Waals surface area contributed by atoms with Crippen LogP contribution in [-0.2, 0) is 24.7 Å². The number of halogens is 1. The molecule has 1 rings (SSSR count). The van der Waals surface area contributed by atoms with E-state index in [0.717, 1.165) is 19.2 Å². The summed E-state index contributed by atoms with van der Waals surface area (Å²) in [6.45, 7) is 1.05. The van der Waals surface area contributed by atoms with E-state index in [1.807, 2.05) is 0 Å². The number of ether oxygens (including phenoxy) is 1. The van der Waals surface area contributed by atoms with Gasteiger partial charge in [-0.3, -0.25) is 0 Å². The molecule has 0 bridgehead atoms. The predicted octanol–water partition coefficient (Wildman–Crippen LogP) is -0.679. The van der Waals surface area contributed by atoms with E-state index in [4.69, 9.17) is 16.5 Å². The van der Waals surface area contributed by atoms with Gasteiger partial charge in [0.15, 0.2) is 5.41 Å². The van der Waals surface area contributed by atoms with Crippen LogP contribution in [0, 0.1) is 5.82 Å². The number of pyridine rings is 1. The number of hydrogen-bond donors (Lipinski definition) is 2. The summed E-state index contributed by atoms with van der Waals surface area (Å²) in [5.74, 6) is 6.04. The fourth-order valence-electron chi connectivity index (χ4n) is 1.45. The van der Waals surface area contributed by atoms with Gasteiger partial charge in [-0.1, -0.05) is 0 Å². The van der Waals surface area contributed by atoms with E-state index < -0.39 is 23.2 Å². The summed E-state index contributed by atoms with van der Waals surface area (Å²) in [6.07, 6.45) is 0.778. The summed E-state index contributed by atoms with van der Waals surface area (Å²) in [5.41, 5.74) is -2.56. The van der Waals surface area contributed by atoms with E-state index in [1.165, 1.54) is 7.11 Å². The molecule has 8 nitrogen and oxygen atoms in total. The second-order valence-electron chi connectivity index (χ2n) is 3.64. The second kappa shape index (κ2) is 5.59. The van der Waals surface area contributed by atoms with Crippen molar-refractivity contribution in [3.8, 4) is 5.88 Å². The van der Waals surface area contributed by atoms with Crippen LogP contribution in [0.1, 0.15) is 12.5 Å². The molecular weight excluding hydrogens is 261 g/mol. The molecule has 0 atom stereocenters. The first-order valence-electron chi connectivity index (χ1n) is 4.94. The molecule has 0 radical (unpaired) electrons. The number of aromatic nitrogens is 1. The summed E-state index contributed by atoms with van der Waals surface area (Å²) in [5, 5.41) is 0. The number of carbonyl (C=O) groups excluding carboxylic acids is 2. The molecule has 1 aromatic heterocycles. The summed E-state index contributed by atoms with van der Waals surface area (Å²) in [4.78, 5) is 34.9. The van der Waals surface area contributed by atoms with Crippen molar-refractivity contribution in [2.45, 2.75) is 12.3 Å². The van der Waals surface area contributed by atoms with Crippen LogP contribution >= 0.6 is 0 Å². The van der Waals surface area contributed by atoms with Crippen molar-refractivity contribution < 1.29 is 28.4 Å². The molecule has 0 amide bonds. The number of nitrogens with two attached hydrogens (primary N) is 2. The van der Waals surface area contributed by atoms with Crippen LogP contribution in [0.15, 0.2) is 12.3 Å². The molecule has 0 aliphatic heterocycles. The number of rotatable bonds is 4. The van der Waals surface area contributed by atoms with Crippen LogP contribution in [0.25, 0.3) is 0 Å². The lowest BCUT2D eigenvalue weighted by Crippen LogP contribution is -2.46. The molecular formula is C10H12FN3O5. The number of nitrogens with zero attached hydrogens (tertiary/aromatic N) is 1. The van der Waals surface area contributed by atoms with Crippen LogP contribution < -0.4 is 16.5 Å². The Morgan fingerprint density at radius 2 is 1.84 bits per heavy atom. The quantitative estimate of drug-likeness (QED) is 0.545. The summed E-state index contributed by atoms with van der Waals surface area (Å²) in [7, 11) is 1.28. The minimum Gasteiger partial charge on any atom is -0.481 e. The molecule has 0 saturated heterocycles. The third-order valence-corrected chi connectivity index (χ3v) is 2.61. The third-order valence-electron chi connectivity index (χ3n) is 2.61. The molecule has 1 aromatic rings. The van der Waals surface area contributed by atoms with Crippen molar-refractivity contribution in [3.63, 3.8) is 0 Å². The topological polar surface area (TPSA) is 127 Å². The maximum absolute atomic E-state index is 13.8. The molecule has 0 saturated carbocycles. The zero-order chi connectivity index (χ0) is 14.6. The molecule has 9 heteroatoms. The van der Waals surface area contributed by atoms with Crippen LogP contribution in [0.4, 0.5) is 4.39 Å². The first-order valence-corrected chi connectivity index (χ1v) is 4.94. The van der Waals surface area contributed by atoms with E-state index in [1.54, 1.807) is 0 Å². The highest BCUT2D eigenvalue weighted by molar-refractivity contribution is 6.05. The van der Waals surface area contributed by atoms with Crippen molar-refractivity contribution in [2.75, 3.05) is 7.11 Å². The van der Waals surface area contributed by atoms with E-state index in [2.05, 4.69) is 14.7 Å². The van der Waals surface area contributed by atoms with Gasteiger partial charge in [0.1, 0.15) is 5.82 Å². The first-order chi connectivity index (χ1) is 8.91. The fourth-order valence-corrected chi connectivity index (χ4v) is 1.45. The lowest BCUT2D eigenvalue weighted by molar-refractivity contribution is -0.165. The Bertz CT molecular complexity index is 492. The van der Waals surface area contributed by atoms with E-state index in [9.17, 15) is 14.0 Å². The average Bonchev–Trinajstić information content (AvgIpc) is 2.45. The average molecular weight is 273 g/mol. The maximum Gasteiger partial charge on any atom is 0.346 e. The number of hydrogen-bond acceptors (Lipinski definition) is 8. The van der Waals surface area contributed by atoms with Gasteiger partial charge in [-0.05, 0) is 6.92 Å². The first kappa shape index (κ1) is 14.8. The number of methoxy groups -OCH3 is 1. The predicted molar refractivity (Wildman–Crippen MR) is 58.7 cm³/mol. The van der Waals surface area contributed by atoms with Crippen molar-refractivity contribution in [3.05, 3.63) is 23.6 Å². The molecule has 4 N–H and O–H groups in total. The lowest BCUT2D eigenvalue weighted by atomic mass is 9.82. The smallest absolute Gasteiger partial charge is 0.346 e. The Labute approximate surface area is 107 Å². The zero-order valence-corrected chi connectivity index (χ0v) is 10.2. The van der Waals surface area contributed by atoms with Crippen molar-refractivity contribution in [2.24, 2.45) is 11.8 Å². The highest BCUT2D eigenvalue weighted by Gasteiger charge is 2.48. The largest absolute Gasteiger partial charge is 0.481 e. The molecule has 0 aliphatic rings. The van der Waals surface area contributed by atoms with Gasteiger partial charge in [0.2, 0.25) is 5.88 Å². The van der Waals surface area contributed by atoms with Gasteiger partial charge in [-0.15, -0.1) is 0 Å². The lowest BCUT2D eigenvalue weighted by Gasteiger charge is -2.23. The van der Waals surface area contributed by atoms with E-state index in [0.29, 0.717) is 0 Å². The van der Waals surface area contributed by atoms with Gasteiger partial charge in [0.25, 0.3) is 0 Å². The zero-order valence-electron chi connectivity index (χ0n) is 10.2. The minimum absolute atomic E-state index is 0.0164. The highest BCUT2D eigenvalue weighted by Crippen LogP contribution is 2.30. The van der Waals surface area contributed by atoms with Gasteiger partial charge < -0.3 is 14.4 Å². The van der Waals surface area contributed by atoms with Crippen molar-refractivity contribution in [1.82, 2.24) is 4.98 Å². The normalized spacial score (nSPS) is 10.8. The molecule has 0 aliphatic carbocycles. The minimum atomic E-state index is -2.18. The highest BCUT2D eigenvalue weighted by atomic mass is 19.1. The van der Waals surface area contributed by atoms with E-state index in [-0.39, 0.29) is 11.4 Å². The molecule has 0 spiro atoms. The summed E-state index contributed by atoms with van der Waals surface area (Å²) in [6, 6.07) is 1.04. The molecule has 0 aromatic carbocycles. The Morgan fingerprint density at radius 3 is 2.26 bits per heavy atom. The standard InChI is InChI=1S/C10H12FN3O5/c1-10(8(15)18-12,9(16)19-13)5-3-7(17-2)14-4-6(5)11/h3-4H,12-13H2,1-2H3. The monoisotopic (exact) mass is 273 g/mol. The van der Waals surface area contributed by atoms with Crippen LogP contribution in [-0.4, -0.2) is 24.0 Å². The van der Waals surface area contributed by atoms with Crippen LogP contribution in [0.3, 0.4) is 0 Å². The van der Waals surface area contributed by atoms with E-state index >= 15 is 0 Å². The Morgan fingerprint density at radius 1 is 1.32 bits per heavy atom. The summed E-state index contributed by atoms with van der Waals surface area (Å²) < 4.78 is 18.6. The van der Waals surface area contributed by atoms with Crippen LogP contribution in [0.2, 0.25) is 0 Å². The van der Waals surface area contributed by atoms with Gasteiger partial charge >= 0.3 is 11.9 Å². The van der Waals surface area contributed by atoms with Gasteiger partial charge in [-0.25, -0.2) is 19.0 Å². The fraction of sp³-hybridized carbons (Fsp3) is 0.300. The Kier molecular flexibility index (Phi) is 4.35. The second-order valence-corrected chi connectivity index (χ2v) is 3.64. The van der Waals surface area contributed by atoms with Gasteiger partial charge in [-0.2, -0.15) is 11.8 Å².